The molecule has 4 rings (SSSR count). The minimum atomic E-state index is 0. The fourth-order valence-corrected chi connectivity index (χ4v) is 2.43. The third kappa shape index (κ3) is 2.45. The first kappa shape index (κ1) is 16.0. The molecular formula is C15H13Cl2N5. The van der Waals surface area contributed by atoms with Gasteiger partial charge in [-0.05, 0) is 12.1 Å². The number of rotatable bonds is 1. The van der Waals surface area contributed by atoms with E-state index in [0.29, 0.717) is 5.82 Å². The summed E-state index contributed by atoms with van der Waals surface area (Å²) in [5, 5.41) is 1.93. The van der Waals surface area contributed by atoms with Crippen molar-refractivity contribution in [3.05, 3.63) is 49.1 Å². The molecule has 3 aromatic heterocycles. The minimum absolute atomic E-state index is 0. The van der Waals surface area contributed by atoms with E-state index in [4.69, 9.17) is 5.73 Å². The monoisotopic (exact) mass is 333 g/mol. The summed E-state index contributed by atoms with van der Waals surface area (Å²) in [5.41, 5.74) is 9.63. The van der Waals surface area contributed by atoms with E-state index in [-0.39, 0.29) is 24.8 Å². The summed E-state index contributed by atoms with van der Waals surface area (Å²) in [6.45, 7) is 0. The lowest BCUT2D eigenvalue weighted by Crippen LogP contribution is -1.92. The Hall–Kier alpha value is -2.37. The number of para-hydroxylation sites is 1. The van der Waals surface area contributed by atoms with Gasteiger partial charge in [0.2, 0.25) is 0 Å². The molecule has 0 aliphatic rings. The number of aromatic nitrogens is 4. The van der Waals surface area contributed by atoms with Gasteiger partial charge < -0.3 is 10.7 Å². The molecule has 4 aromatic rings. The van der Waals surface area contributed by atoms with Gasteiger partial charge in [-0.25, -0.2) is 9.97 Å². The van der Waals surface area contributed by atoms with Crippen LogP contribution in [0.2, 0.25) is 0 Å². The summed E-state index contributed by atoms with van der Waals surface area (Å²) in [4.78, 5) is 15.8. The average molecular weight is 334 g/mol. The number of fused-ring (bicyclic) bond motifs is 2. The number of aromatic amines is 1. The number of hydrogen-bond donors (Lipinski definition) is 2. The van der Waals surface area contributed by atoms with Crippen molar-refractivity contribution in [3.63, 3.8) is 0 Å². The van der Waals surface area contributed by atoms with Crippen LogP contribution in [0.3, 0.4) is 0 Å². The van der Waals surface area contributed by atoms with Crippen LogP contribution in [0, 0.1) is 0 Å². The molecule has 0 saturated carbocycles. The molecule has 0 aliphatic heterocycles. The lowest BCUT2D eigenvalue weighted by Gasteiger charge is -2.03. The highest BCUT2D eigenvalue weighted by Crippen LogP contribution is 2.31. The van der Waals surface area contributed by atoms with Crippen LogP contribution in [-0.4, -0.2) is 19.9 Å². The average Bonchev–Trinajstić information content (AvgIpc) is 2.92. The first-order valence-corrected chi connectivity index (χ1v) is 6.25. The van der Waals surface area contributed by atoms with Gasteiger partial charge in [0.15, 0.2) is 0 Å². The van der Waals surface area contributed by atoms with Crippen LogP contribution < -0.4 is 5.73 Å². The Morgan fingerprint density at radius 1 is 1.00 bits per heavy atom. The lowest BCUT2D eigenvalue weighted by atomic mass is 10.1. The number of halogens is 2. The molecule has 0 spiro atoms. The first-order valence-electron chi connectivity index (χ1n) is 6.25. The predicted molar refractivity (Wildman–Crippen MR) is 93.5 cm³/mol. The minimum Gasteiger partial charge on any atom is -0.383 e. The molecule has 0 unspecified atom stereocenters. The van der Waals surface area contributed by atoms with Crippen LogP contribution in [0.1, 0.15) is 0 Å². The van der Waals surface area contributed by atoms with Crippen molar-refractivity contribution in [2.24, 2.45) is 0 Å². The molecule has 3 N–H and O–H groups in total. The summed E-state index contributed by atoms with van der Waals surface area (Å²) in [5.74, 6) is 0.472. The van der Waals surface area contributed by atoms with E-state index in [1.165, 1.54) is 6.33 Å². The summed E-state index contributed by atoms with van der Waals surface area (Å²) >= 11 is 0. The van der Waals surface area contributed by atoms with Crippen molar-refractivity contribution in [2.75, 3.05) is 5.73 Å². The van der Waals surface area contributed by atoms with Crippen molar-refractivity contribution in [1.82, 2.24) is 19.9 Å². The van der Waals surface area contributed by atoms with Crippen molar-refractivity contribution < 1.29 is 0 Å². The molecule has 0 saturated heterocycles. The van der Waals surface area contributed by atoms with E-state index in [0.717, 1.165) is 33.1 Å². The van der Waals surface area contributed by atoms with Gasteiger partial charge in [-0.3, -0.25) is 4.98 Å². The van der Waals surface area contributed by atoms with Crippen LogP contribution in [-0.2, 0) is 0 Å². The summed E-state index contributed by atoms with van der Waals surface area (Å²) in [6.07, 6.45) is 5.19. The molecular weight excluding hydrogens is 321 g/mol. The number of nitrogens with zero attached hydrogens (tertiary/aromatic N) is 3. The molecule has 22 heavy (non-hydrogen) atoms. The number of H-pyrrole nitrogens is 1. The zero-order valence-corrected chi connectivity index (χ0v) is 13.0. The number of pyridine rings is 1. The fourth-order valence-electron chi connectivity index (χ4n) is 2.43. The first-order chi connectivity index (χ1) is 9.83. The Balaban J connectivity index is 0.000000882. The zero-order valence-electron chi connectivity index (χ0n) is 11.4. The Kier molecular flexibility index (Phi) is 4.49. The van der Waals surface area contributed by atoms with Crippen LogP contribution in [0.25, 0.3) is 33.1 Å². The van der Waals surface area contributed by atoms with E-state index >= 15 is 0 Å². The summed E-state index contributed by atoms with van der Waals surface area (Å²) in [7, 11) is 0. The number of benzene rings is 1. The maximum absolute atomic E-state index is 5.96. The molecule has 0 amide bonds. The van der Waals surface area contributed by atoms with Gasteiger partial charge in [-0.2, -0.15) is 0 Å². The van der Waals surface area contributed by atoms with E-state index < -0.39 is 0 Å². The van der Waals surface area contributed by atoms with E-state index in [2.05, 4.69) is 26.0 Å². The largest absolute Gasteiger partial charge is 0.383 e. The van der Waals surface area contributed by atoms with Crippen LogP contribution in [0.4, 0.5) is 5.82 Å². The summed E-state index contributed by atoms with van der Waals surface area (Å²) in [6, 6.07) is 10.1. The molecule has 0 atom stereocenters. The number of nitrogens with one attached hydrogen (secondary N) is 1. The Labute approximate surface area is 138 Å². The molecule has 7 heteroatoms. The third-order valence-electron chi connectivity index (χ3n) is 3.40. The molecule has 1 aromatic carbocycles. The van der Waals surface area contributed by atoms with Crippen molar-refractivity contribution in [2.45, 2.75) is 0 Å². The zero-order chi connectivity index (χ0) is 13.5. The van der Waals surface area contributed by atoms with Gasteiger partial charge in [0, 0.05) is 28.9 Å². The van der Waals surface area contributed by atoms with Gasteiger partial charge in [-0.1, -0.05) is 18.2 Å². The number of nitrogens with two attached hydrogens (primary N) is 1. The lowest BCUT2D eigenvalue weighted by molar-refractivity contribution is 1.21. The third-order valence-corrected chi connectivity index (χ3v) is 3.40. The van der Waals surface area contributed by atoms with Crippen LogP contribution >= 0.6 is 24.8 Å². The fraction of sp³-hybridized carbons (Fsp3) is 0. The molecule has 0 fully saturated rings. The standard InChI is InChI=1S/C15H11N5.2ClH/c16-14-13-11(7-18-15(13)20-8-19-14)10-5-9-3-1-2-4-12(9)17-6-10;;/h1-8H,(H3,16,18,19,20);2*1H. The second-order valence-corrected chi connectivity index (χ2v) is 4.60. The Morgan fingerprint density at radius 3 is 2.68 bits per heavy atom. The second-order valence-electron chi connectivity index (χ2n) is 4.60. The van der Waals surface area contributed by atoms with E-state index in [1.807, 2.05) is 36.7 Å². The van der Waals surface area contributed by atoms with Crippen LogP contribution in [0.15, 0.2) is 49.1 Å². The van der Waals surface area contributed by atoms with Crippen molar-refractivity contribution in [3.8, 4) is 11.1 Å². The topological polar surface area (TPSA) is 80.5 Å². The molecule has 112 valence electrons. The predicted octanol–water partition coefficient (Wildman–Crippen LogP) is 3.60. The molecule has 0 radical (unpaired) electrons. The highest BCUT2D eigenvalue weighted by Gasteiger charge is 2.11. The second kappa shape index (κ2) is 6.17. The van der Waals surface area contributed by atoms with Gasteiger partial charge in [-0.15, -0.1) is 24.8 Å². The van der Waals surface area contributed by atoms with E-state index in [1.54, 1.807) is 0 Å². The number of anilines is 1. The maximum atomic E-state index is 5.96. The van der Waals surface area contributed by atoms with Crippen LogP contribution in [0.5, 0.6) is 0 Å². The van der Waals surface area contributed by atoms with Gasteiger partial charge in [0.25, 0.3) is 0 Å². The molecule has 3 heterocycles. The van der Waals surface area contributed by atoms with Gasteiger partial charge in [0.05, 0.1) is 10.9 Å². The van der Waals surface area contributed by atoms with Crippen molar-refractivity contribution >= 4 is 52.6 Å². The molecule has 0 bridgehead atoms. The maximum Gasteiger partial charge on any atom is 0.143 e. The van der Waals surface area contributed by atoms with Gasteiger partial charge >= 0.3 is 0 Å². The summed E-state index contributed by atoms with van der Waals surface area (Å²) < 4.78 is 0. The highest BCUT2D eigenvalue weighted by molar-refractivity contribution is 6.01. The smallest absolute Gasteiger partial charge is 0.143 e. The molecule has 5 nitrogen and oxygen atoms in total. The normalized spacial score (nSPS) is 10.2. The molecule has 0 aliphatic carbocycles. The highest BCUT2D eigenvalue weighted by atomic mass is 35.5. The number of nitrogen functional groups attached to an aromatic ring is 1. The number of hydrogen-bond acceptors (Lipinski definition) is 4. The van der Waals surface area contributed by atoms with E-state index in [9.17, 15) is 0 Å². The Bertz CT molecular complexity index is 935. The quantitative estimate of drug-likeness (QED) is 0.557. The Morgan fingerprint density at radius 2 is 1.82 bits per heavy atom. The SMILES string of the molecule is Cl.Cl.Nc1ncnc2[nH]cc(-c3cnc4ccccc4c3)c12. The van der Waals surface area contributed by atoms with Gasteiger partial charge in [0.1, 0.15) is 17.8 Å². The van der Waals surface area contributed by atoms with Crippen molar-refractivity contribution in [1.29, 1.82) is 0 Å².